The Morgan fingerprint density at radius 2 is 1.71 bits per heavy atom. The molecule has 0 aliphatic carbocycles. The Morgan fingerprint density at radius 3 is 2.29 bits per heavy atom. The van der Waals surface area contributed by atoms with Crippen LogP contribution in [0.4, 0.5) is 5.69 Å². The van der Waals surface area contributed by atoms with Crippen LogP contribution >= 0.6 is 22.6 Å². The third-order valence-corrected chi connectivity index (χ3v) is 4.25. The van der Waals surface area contributed by atoms with Gasteiger partial charge in [-0.05, 0) is 41.1 Å². The highest BCUT2D eigenvalue weighted by molar-refractivity contribution is 14.1. The highest BCUT2D eigenvalue weighted by atomic mass is 127. The molecule has 0 bridgehead atoms. The van der Waals surface area contributed by atoms with E-state index in [0.29, 0.717) is 17.9 Å². The smallest absolute Gasteiger partial charge is 0.155 e. The molecule has 0 amide bonds. The van der Waals surface area contributed by atoms with Crippen molar-refractivity contribution in [2.24, 2.45) is 0 Å². The van der Waals surface area contributed by atoms with E-state index in [-0.39, 0.29) is 0 Å². The lowest BCUT2D eigenvalue weighted by atomic mass is 10.1. The highest BCUT2D eigenvalue weighted by Gasteiger charge is 2.08. The number of nitrogens with zero attached hydrogens (tertiary/aromatic N) is 1. The van der Waals surface area contributed by atoms with Crippen LogP contribution in [0.3, 0.4) is 0 Å². The molecular formula is C17H25IN2O. The molecule has 0 radical (unpaired) electrons. The van der Waals surface area contributed by atoms with Gasteiger partial charge in [0.25, 0.3) is 0 Å². The van der Waals surface area contributed by atoms with Crippen molar-refractivity contribution in [3.05, 3.63) is 21.3 Å². The monoisotopic (exact) mass is 400 g/mol. The molecule has 0 heterocycles. The van der Waals surface area contributed by atoms with Crippen LogP contribution in [-0.4, -0.2) is 6.61 Å². The first-order chi connectivity index (χ1) is 10.2. The van der Waals surface area contributed by atoms with Gasteiger partial charge in [-0.15, -0.1) is 0 Å². The van der Waals surface area contributed by atoms with Crippen molar-refractivity contribution in [1.29, 1.82) is 5.26 Å². The summed E-state index contributed by atoms with van der Waals surface area (Å²) in [4.78, 5) is 0. The first kappa shape index (κ1) is 18.1. The molecule has 0 saturated carbocycles. The van der Waals surface area contributed by atoms with E-state index in [9.17, 15) is 0 Å². The molecule has 116 valence electrons. The zero-order valence-electron chi connectivity index (χ0n) is 12.8. The van der Waals surface area contributed by atoms with Crippen LogP contribution < -0.4 is 10.5 Å². The minimum atomic E-state index is 0.554. The zero-order valence-corrected chi connectivity index (χ0v) is 15.0. The predicted molar refractivity (Wildman–Crippen MR) is 96.4 cm³/mol. The fourth-order valence-electron chi connectivity index (χ4n) is 2.24. The van der Waals surface area contributed by atoms with Crippen LogP contribution in [0.25, 0.3) is 0 Å². The molecule has 1 aromatic rings. The maximum absolute atomic E-state index is 8.88. The molecule has 0 aliphatic rings. The van der Waals surface area contributed by atoms with Gasteiger partial charge in [-0.1, -0.05) is 51.9 Å². The van der Waals surface area contributed by atoms with Gasteiger partial charge in [0.1, 0.15) is 0 Å². The fourth-order valence-corrected chi connectivity index (χ4v) is 3.04. The van der Waals surface area contributed by atoms with E-state index < -0.39 is 0 Å². The number of anilines is 1. The van der Waals surface area contributed by atoms with Crippen molar-refractivity contribution in [2.45, 2.75) is 58.3 Å². The summed E-state index contributed by atoms with van der Waals surface area (Å²) >= 11 is 2.17. The Balaban J connectivity index is 2.20. The zero-order chi connectivity index (χ0) is 15.5. The quantitative estimate of drug-likeness (QED) is 0.331. The standard InChI is InChI=1S/C17H25IN2O/c1-2-3-4-5-6-7-8-9-10-21-17-15(18)11-14(13-19)12-16(17)20/h11-12H,2-10,20H2,1H3. The molecule has 2 N–H and O–H groups in total. The fraction of sp³-hybridized carbons (Fsp3) is 0.588. The number of nitriles is 1. The second-order valence-corrected chi connectivity index (χ2v) is 6.47. The average Bonchev–Trinajstić information content (AvgIpc) is 2.47. The average molecular weight is 400 g/mol. The van der Waals surface area contributed by atoms with Crippen molar-refractivity contribution in [3.63, 3.8) is 0 Å². The maximum Gasteiger partial charge on any atom is 0.155 e. The summed E-state index contributed by atoms with van der Waals surface area (Å²) in [6.45, 7) is 2.94. The number of rotatable bonds is 10. The van der Waals surface area contributed by atoms with Crippen molar-refractivity contribution >= 4 is 28.3 Å². The SMILES string of the molecule is CCCCCCCCCCOc1c(N)cc(C#N)cc1I. The number of hydrogen-bond donors (Lipinski definition) is 1. The first-order valence-electron chi connectivity index (χ1n) is 7.81. The number of hydrogen-bond acceptors (Lipinski definition) is 3. The van der Waals surface area contributed by atoms with E-state index in [1.165, 1.54) is 44.9 Å². The number of benzene rings is 1. The lowest BCUT2D eigenvalue weighted by molar-refractivity contribution is 0.304. The minimum Gasteiger partial charge on any atom is -0.490 e. The van der Waals surface area contributed by atoms with Gasteiger partial charge in [0.15, 0.2) is 5.75 Å². The van der Waals surface area contributed by atoms with Crippen molar-refractivity contribution in [2.75, 3.05) is 12.3 Å². The van der Waals surface area contributed by atoms with Crippen LogP contribution in [0.1, 0.15) is 63.9 Å². The molecule has 0 aliphatic heterocycles. The van der Waals surface area contributed by atoms with Gasteiger partial charge in [-0.3, -0.25) is 0 Å². The summed E-state index contributed by atoms with van der Waals surface area (Å²) in [5, 5.41) is 8.88. The van der Waals surface area contributed by atoms with Gasteiger partial charge in [-0.25, -0.2) is 0 Å². The van der Waals surface area contributed by atoms with Gasteiger partial charge in [-0.2, -0.15) is 5.26 Å². The van der Waals surface area contributed by atoms with Crippen LogP contribution in [0.2, 0.25) is 0 Å². The van der Waals surface area contributed by atoms with E-state index in [1.807, 2.05) is 0 Å². The maximum atomic E-state index is 8.88. The lowest BCUT2D eigenvalue weighted by Crippen LogP contribution is -2.02. The minimum absolute atomic E-state index is 0.554. The van der Waals surface area contributed by atoms with Gasteiger partial charge in [0, 0.05) is 0 Å². The highest BCUT2D eigenvalue weighted by Crippen LogP contribution is 2.29. The summed E-state index contributed by atoms with van der Waals surface area (Å²) in [5.74, 6) is 0.720. The molecule has 4 heteroatoms. The summed E-state index contributed by atoms with van der Waals surface area (Å²) in [6, 6.07) is 5.58. The number of unbranched alkanes of at least 4 members (excludes halogenated alkanes) is 7. The van der Waals surface area contributed by atoms with Gasteiger partial charge < -0.3 is 10.5 Å². The molecule has 1 aromatic carbocycles. The molecule has 0 unspecified atom stereocenters. The van der Waals surface area contributed by atoms with E-state index in [2.05, 4.69) is 35.6 Å². The molecule has 21 heavy (non-hydrogen) atoms. The molecule has 0 fully saturated rings. The second-order valence-electron chi connectivity index (χ2n) is 5.31. The molecule has 0 saturated heterocycles. The number of nitrogen functional groups attached to an aromatic ring is 1. The van der Waals surface area contributed by atoms with Crippen LogP contribution in [-0.2, 0) is 0 Å². The van der Waals surface area contributed by atoms with E-state index in [1.54, 1.807) is 12.1 Å². The largest absolute Gasteiger partial charge is 0.490 e. The molecular weight excluding hydrogens is 375 g/mol. The topological polar surface area (TPSA) is 59.0 Å². The van der Waals surface area contributed by atoms with E-state index >= 15 is 0 Å². The predicted octanol–water partition coefficient (Wildman–Crippen LogP) is 5.26. The Labute approximate surface area is 142 Å². The molecule has 0 aromatic heterocycles. The lowest BCUT2D eigenvalue weighted by Gasteiger charge is -2.11. The van der Waals surface area contributed by atoms with Crippen LogP contribution in [0.5, 0.6) is 5.75 Å². The van der Waals surface area contributed by atoms with Crippen LogP contribution in [0.15, 0.2) is 12.1 Å². The third kappa shape index (κ3) is 7.03. The van der Waals surface area contributed by atoms with Gasteiger partial charge in [0.2, 0.25) is 0 Å². The third-order valence-electron chi connectivity index (χ3n) is 3.45. The summed E-state index contributed by atoms with van der Waals surface area (Å²) < 4.78 is 6.68. The number of ether oxygens (including phenoxy) is 1. The van der Waals surface area contributed by atoms with Crippen molar-refractivity contribution < 1.29 is 4.74 Å². The normalized spacial score (nSPS) is 10.3. The molecule has 3 nitrogen and oxygen atoms in total. The Morgan fingerprint density at radius 1 is 1.10 bits per heavy atom. The Bertz CT molecular complexity index is 445. The van der Waals surface area contributed by atoms with E-state index in [0.717, 1.165) is 15.7 Å². The summed E-state index contributed by atoms with van der Waals surface area (Å²) in [5.41, 5.74) is 7.06. The number of nitrogens with two attached hydrogens (primary N) is 1. The van der Waals surface area contributed by atoms with Crippen molar-refractivity contribution in [3.8, 4) is 11.8 Å². The Hall–Kier alpha value is -0.960. The molecule has 0 atom stereocenters. The van der Waals surface area contributed by atoms with Crippen molar-refractivity contribution in [1.82, 2.24) is 0 Å². The molecule has 1 rings (SSSR count). The second kappa shape index (κ2) is 10.7. The molecule has 0 spiro atoms. The van der Waals surface area contributed by atoms with Crippen LogP contribution in [0, 0.1) is 14.9 Å². The summed E-state index contributed by atoms with van der Waals surface area (Å²) in [7, 11) is 0. The van der Waals surface area contributed by atoms with E-state index in [4.69, 9.17) is 15.7 Å². The summed E-state index contributed by atoms with van der Waals surface area (Å²) in [6.07, 6.45) is 10.3. The Kier molecular flexibility index (Phi) is 9.24. The number of halogens is 1. The van der Waals surface area contributed by atoms with Gasteiger partial charge in [0.05, 0.1) is 27.5 Å². The van der Waals surface area contributed by atoms with Gasteiger partial charge >= 0.3 is 0 Å². The first-order valence-corrected chi connectivity index (χ1v) is 8.88.